The average Bonchev–Trinajstić information content (AvgIpc) is 3.27. The van der Waals surface area contributed by atoms with Crippen molar-refractivity contribution in [3.05, 3.63) is 54.1 Å². The summed E-state index contributed by atoms with van der Waals surface area (Å²) in [6.45, 7) is 0. The van der Waals surface area contributed by atoms with Crippen LogP contribution in [0.4, 0.5) is 10.3 Å². The zero-order valence-corrected chi connectivity index (χ0v) is 10.6. The molecule has 102 valence electrons. The van der Waals surface area contributed by atoms with E-state index in [4.69, 9.17) is 0 Å². The molecule has 0 saturated heterocycles. The predicted octanol–water partition coefficient (Wildman–Crippen LogP) is 1.86. The normalized spacial score (nSPS) is 20.2. The van der Waals surface area contributed by atoms with Gasteiger partial charge in [0.05, 0.1) is 0 Å². The number of aromatic nitrogens is 2. The Hall–Kier alpha value is -2.50. The van der Waals surface area contributed by atoms with Crippen LogP contribution in [0.25, 0.3) is 0 Å². The van der Waals surface area contributed by atoms with E-state index in [0.29, 0.717) is 5.95 Å². The number of hydrogen-bond donors (Lipinski definition) is 2. The first kappa shape index (κ1) is 12.5. The maximum absolute atomic E-state index is 12.8. The molecule has 1 aromatic heterocycles. The van der Waals surface area contributed by atoms with Crippen LogP contribution >= 0.6 is 0 Å². The molecule has 1 aliphatic carbocycles. The zero-order valence-electron chi connectivity index (χ0n) is 10.6. The minimum atomic E-state index is -0.265. The van der Waals surface area contributed by atoms with Crippen molar-refractivity contribution in [2.75, 3.05) is 5.43 Å². The third-order valence-corrected chi connectivity index (χ3v) is 3.29. The average molecular weight is 272 g/mol. The monoisotopic (exact) mass is 272 g/mol. The Kier molecular flexibility index (Phi) is 3.28. The molecule has 2 N–H and O–H groups in total. The van der Waals surface area contributed by atoms with Crippen molar-refractivity contribution in [2.24, 2.45) is 5.92 Å². The molecule has 3 rings (SSSR count). The van der Waals surface area contributed by atoms with Gasteiger partial charge in [0.1, 0.15) is 5.82 Å². The summed E-state index contributed by atoms with van der Waals surface area (Å²) in [5.74, 6) is 0.0515. The lowest BCUT2D eigenvalue weighted by molar-refractivity contribution is -0.121. The highest BCUT2D eigenvalue weighted by Gasteiger charge is 2.43. The summed E-state index contributed by atoms with van der Waals surface area (Å²) in [6.07, 6.45) is 3.94. The highest BCUT2D eigenvalue weighted by Crippen LogP contribution is 2.47. The van der Waals surface area contributed by atoms with Gasteiger partial charge in [0.2, 0.25) is 11.9 Å². The van der Waals surface area contributed by atoms with Crippen LogP contribution in [-0.2, 0) is 4.79 Å². The molecule has 1 heterocycles. The van der Waals surface area contributed by atoms with E-state index in [2.05, 4.69) is 20.8 Å². The van der Waals surface area contributed by atoms with E-state index >= 15 is 0 Å². The van der Waals surface area contributed by atoms with Gasteiger partial charge in [0.25, 0.3) is 0 Å². The quantitative estimate of drug-likeness (QED) is 0.834. The van der Waals surface area contributed by atoms with Crippen molar-refractivity contribution in [3.63, 3.8) is 0 Å². The molecule has 0 bridgehead atoms. The first-order chi connectivity index (χ1) is 9.74. The van der Waals surface area contributed by atoms with Crippen molar-refractivity contribution in [3.8, 4) is 0 Å². The van der Waals surface area contributed by atoms with Crippen molar-refractivity contribution < 1.29 is 9.18 Å². The number of benzene rings is 1. The Balaban J connectivity index is 1.54. The van der Waals surface area contributed by atoms with E-state index < -0.39 is 0 Å². The Bertz CT molecular complexity index is 602. The minimum absolute atomic E-state index is 0.0864. The van der Waals surface area contributed by atoms with Gasteiger partial charge in [-0.3, -0.25) is 15.6 Å². The molecule has 1 amide bonds. The molecular formula is C14H13FN4O. The number of anilines is 1. The fraction of sp³-hybridized carbons (Fsp3) is 0.214. The van der Waals surface area contributed by atoms with Crippen LogP contribution in [0.3, 0.4) is 0 Å². The van der Waals surface area contributed by atoms with Gasteiger partial charge in [0.15, 0.2) is 0 Å². The molecule has 2 atom stereocenters. The number of nitrogens with zero attached hydrogens (tertiary/aromatic N) is 2. The SMILES string of the molecule is O=C(NNc1ncccn1)[C@@H]1C[C@@H]1c1ccc(F)cc1. The molecule has 2 aromatic rings. The van der Waals surface area contributed by atoms with Gasteiger partial charge < -0.3 is 0 Å². The van der Waals surface area contributed by atoms with Crippen molar-refractivity contribution >= 4 is 11.9 Å². The summed E-state index contributed by atoms with van der Waals surface area (Å²) < 4.78 is 12.8. The van der Waals surface area contributed by atoms with E-state index in [1.807, 2.05) is 0 Å². The Labute approximate surface area is 115 Å². The third kappa shape index (κ3) is 2.74. The second kappa shape index (κ2) is 5.24. The summed E-state index contributed by atoms with van der Waals surface area (Å²) in [7, 11) is 0. The third-order valence-electron chi connectivity index (χ3n) is 3.29. The number of carbonyl (C=O) groups is 1. The Morgan fingerprint density at radius 3 is 2.60 bits per heavy atom. The maximum Gasteiger partial charge on any atom is 0.242 e. The van der Waals surface area contributed by atoms with Gasteiger partial charge in [0, 0.05) is 18.3 Å². The minimum Gasteiger partial charge on any atom is -0.273 e. The number of amides is 1. The predicted molar refractivity (Wildman–Crippen MR) is 71.0 cm³/mol. The smallest absolute Gasteiger partial charge is 0.242 e. The highest BCUT2D eigenvalue weighted by molar-refractivity contribution is 5.83. The summed E-state index contributed by atoms with van der Waals surface area (Å²) in [4.78, 5) is 19.8. The van der Waals surface area contributed by atoms with Crippen LogP contribution in [0.2, 0.25) is 0 Å². The fourth-order valence-electron chi connectivity index (χ4n) is 2.14. The largest absolute Gasteiger partial charge is 0.273 e. The number of rotatable bonds is 4. The molecule has 6 heteroatoms. The van der Waals surface area contributed by atoms with Gasteiger partial charge in [-0.15, -0.1) is 0 Å². The second-order valence-electron chi connectivity index (χ2n) is 4.69. The van der Waals surface area contributed by atoms with Crippen LogP contribution < -0.4 is 10.9 Å². The van der Waals surface area contributed by atoms with Crippen LogP contribution in [0.1, 0.15) is 17.9 Å². The topological polar surface area (TPSA) is 66.9 Å². The standard InChI is InChI=1S/C14H13FN4O/c15-10-4-2-9(3-5-10)11-8-12(11)13(20)18-19-14-16-6-1-7-17-14/h1-7,11-12H,8H2,(H,18,20)(H,16,17,19)/t11-,12-/m1/s1. The molecule has 5 nitrogen and oxygen atoms in total. The number of nitrogens with one attached hydrogen (secondary N) is 2. The van der Waals surface area contributed by atoms with Crippen molar-refractivity contribution in [2.45, 2.75) is 12.3 Å². The van der Waals surface area contributed by atoms with Crippen LogP contribution in [0.5, 0.6) is 0 Å². The summed E-state index contributed by atoms with van der Waals surface area (Å²) >= 11 is 0. The fourth-order valence-corrected chi connectivity index (χ4v) is 2.14. The molecule has 0 aliphatic heterocycles. The molecule has 0 unspecified atom stereocenters. The number of carbonyl (C=O) groups excluding carboxylic acids is 1. The molecule has 1 fully saturated rings. The summed E-state index contributed by atoms with van der Waals surface area (Å²) in [6, 6.07) is 7.97. The molecule has 1 aromatic carbocycles. The highest BCUT2D eigenvalue weighted by atomic mass is 19.1. The zero-order chi connectivity index (χ0) is 13.9. The van der Waals surface area contributed by atoms with Gasteiger partial charge in [-0.2, -0.15) is 0 Å². The van der Waals surface area contributed by atoms with Crippen LogP contribution in [-0.4, -0.2) is 15.9 Å². The molecule has 1 saturated carbocycles. The van der Waals surface area contributed by atoms with E-state index in [-0.39, 0.29) is 23.6 Å². The lowest BCUT2D eigenvalue weighted by Crippen LogP contribution is -2.31. The summed E-state index contributed by atoms with van der Waals surface area (Å²) in [5, 5.41) is 0. The maximum atomic E-state index is 12.8. The first-order valence-corrected chi connectivity index (χ1v) is 6.32. The van der Waals surface area contributed by atoms with Crippen LogP contribution in [0, 0.1) is 11.7 Å². The molecule has 0 radical (unpaired) electrons. The molecular weight excluding hydrogens is 259 g/mol. The molecule has 20 heavy (non-hydrogen) atoms. The van der Waals surface area contributed by atoms with Crippen LogP contribution in [0.15, 0.2) is 42.7 Å². The lowest BCUT2D eigenvalue weighted by Gasteiger charge is -2.06. The van der Waals surface area contributed by atoms with E-state index in [9.17, 15) is 9.18 Å². The van der Waals surface area contributed by atoms with Crippen molar-refractivity contribution in [1.82, 2.24) is 15.4 Å². The summed E-state index contributed by atoms with van der Waals surface area (Å²) in [5.41, 5.74) is 6.24. The van der Waals surface area contributed by atoms with E-state index in [1.54, 1.807) is 30.6 Å². The number of hydrazine groups is 1. The Morgan fingerprint density at radius 1 is 1.20 bits per heavy atom. The molecule has 1 aliphatic rings. The van der Waals surface area contributed by atoms with Gasteiger partial charge in [-0.1, -0.05) is 12.1 Å². The first-order valence-electron chi connectivity index (χ1n) is 6.32. The van der Waals surface area contributed by atoms with E-state index in [1.165, 1.54) is 12.1 Å². The lowest BCUT2D eigenvalue weighted by atomic mass is 10.1. The second-order valence-corrected chi connectivity index (χ2v) is 4.69. The van der Waals surface area contributed by atoms with Gasteiger partial charge in [-0.25, -0.2) is 14.4 Å². The van der Waals surface area contributed by atoms with E-state index in [0.717, 1.165) is 12.0 Å². The van der Waals surface area contributed by atoms with Crippen molar-refractivity contribution in [1.29, 1.82) is 0 Å². The number of hydrogen-bond acceptors (Lipinski definition) is 4. The Morgan fingerprint density at radius 2 is 1.90 bits per heavy atom. The molecule has 0 spiro atoms. The van der Waals surface area contributed by atoms with Gasteiger partial charge >= 0.3 is 0 Å². The van der Waals surface area contributed by atoms with Gasteiger partial charge in [-0.05, 0) is 36.1 Å². The number of halogens is 1.